The molecule has 0 unspecified atom stereocenters. The molecule has 0 fully saturated rings. The lowest BCUT2D eigenvalue weighted by Gasteiger charge is -2.10. The van der Waals surface area contributed by atoms with Gasteiger partial charge in [-0.2, -0.15) is 0 Å². The highest BCUT2D eigenvalue weighted by Crippen LogP contribution is 2.23. The first-order valence-corrected chi connectivity index (χ1v) is 8.06. The van der Waals surface area contributed by atoms with E-state index in [9.17, 15) is 14.4 Å². The second-order valence-corrected chi connectivity index (χ2v) is 5.96. The summed E-state index contributed by atoms with van der Waals surface area (Å²) in [7, 11) is 0. The van der Waals surface area contributed by atoms with Gasteiger partial charge in [0.2, 0.25) is 5.91 Å². The number of carbonyl (C=O) groups excluding carboxylic acids is 2. The molecule has 6 heteroatoms. The van der Waals surface area contributed by atoms with E-state index in [0.29, 0.717) is 12.0 Å². The van der Waals surface area contributed by atoms with Crippen LogP contribution in [0, 0.1) is 0 Å². The summed E-state index contributed by atoms with van der Waals surface area (Å²) >= 11 is 0. The van der Waals surface area contributed by atoms with E-state index >= 15 is 0 Å². The fraction of sp³-hybridized carbons (Fsp3) is 0.211. The molecule has 6 nitrogen and oxygen atoms in total. The number of aryl methyl sites for hydroxylation is 1. The summed E-state index contributed by atoms with van der Waals surface area (Å²) in [5.41, 5.74) is 3.13. The van der Waals surface area contributed by atoms with Gasteiger partial charge in [-0.25, -0.2) is 4.79 Å². The lowest BCUT2D eigenvalue weighted by molar-refractivity contribution is -0.116. The van der Waals surface area contributed by atoms with Crippen molar-refractivity contribution >= 4 is 23.5 Å². The van der Waals surface area contributed by atoms with Crippen LogP contribution in [0.15, 0.2) is 42.5 Å². The van der Waals surface area contributed by atoms with E-state index in [2.05, 4.69) is 10.6 Å². The minimum atomic E-state index is -0.999. The van der Waals surface area contributed by atoms with Crippen molar-refractivity contribution in [1.29, 1.82) is 0 Å². The number of fused-ring (bicyclic) bond motifs is 1. The third kappa shape index (κ3) is 4.03. The molecule has 2 aromatic carbocycles. The van der Waals surface area contributed by atoms with Crippen LogP contribution in [0.2, 0.25) is 0 Å². The summed E-state index contributed by atoms with van der Waals surface area (Å²) < 4.78 is 0. The molecular formula is C19H18N2O4. The Hall–Kier alpha value is -3.15. The average Bonchev–Trinajstić information content (AvgIpc) is 2.79. The Morgan fingerprint density at radius 1 is 1.08 bits per heavy atom. The Labute approximate surface area is 144 Å². The highest BCUT2D eigenvalue weighted by Gasteiger charge is 2.15. The van der Waals surface area contributed by atoms with Gasteiger partial charge in [-0.3, -0.25) is 9.59 Å². The maximum atomic E-state index is 12.4. The normalized spacial score (nSPS) is 13.4. The third-order valence-corrected chi connectivity index (χ3v) is 4.12. The van der Waals surface area contributed by atoms with Crippen LogP contribution in [0.4, 0.5) is 5.69 Å². The molecule has 1 heterocycles. The molecule has 0 spiro atoms. The minimum Gasteiger partial charge on any atom is -0.478 e. The quantitative estimate of drug-likeness (QED) is 0.798. The Morgan fingerprint density at radius 3 is 2.72 bits per heavy atom. The average molecular weight is 338 g/mol. The molecule has 1 aliphatic rings. The number of hydrogen-bond donors (Lipinski definition) is 3. The molecule has 0 aliphatic carbocycles. The second-order valence-electron chi connectivity index (χ2n) is 5.96. The minimum absolute atomic E-state index is 0.00531. The number of hydrogen-bond acceptors (Lipinski definition) is 3. The van der Waals surface area contributed by atoms with Gasteiger partial charge in [-0.1, -0.05) is 12.1 Å². The van der Waals surface area contributed by atoms with Gasteiger partial charge >= 0.3 is 5.97 Å². The topological polar surface area (TPSA) is 95.5 Å². The lowest BCUT2D eigenvalue weighted by Crippen LogP contribution is -2.23. The van der Waals surface area contributed by atoms with E-state index in [-0.39, 0.29) is 23.9 Å². The van der Waals surface area contributed by atoms with Gasteiger partial charge in [-0.05, 0) is 54.3 Å². The molecule has 25 heavy (non-hydrogen) atoms. The van der Waals surface area contributed by atoms with Crippen molar-refractivity contribution < 1.29 is 19.5 Å². The Balaban J connectivity index is 1.69. The van der Waals surface area contributed by atoms with Crippen molar-refractivity contribution in [2.75, 3.05) is 5.32 Å². The van der Waals surface area contributed by atoms with Crippen molar-refractivity contribution in [2.24, 2.45) is 0 Å². The summed E-state index contributed by atoms with van der Waals surface area (Å²) in [6, 6.07) is 11.7. The summed E-state index contributed by atoms with van der Waals surface area (Å²) in [4.78, 5) is 34.9. The summed E-state index contributed by atoms with van der Waals surface area (Å²) in [5, 5.41) is 14.6. The van der Waals surface area contributed by atoms with Gasteiger partial charge in [0.1, 0.15) is 0 Å². The molecule has 2 amide bonds. The summed E-state index contributed by atoms with van der Waals surface area (Å²) in [6.07, 6.45) is 1.98. The molecular weight excluding hydrogens is 320 g/mol. The van der Waals surface area contributed by atoms with Crippen LogP contribution in [0.1, 0.15) is 44.7 Å². The smallest absolute Gasteiger partial charge is 0.335 e. The van der Waals surface area contributed by atoms with Crippen LogP contribution in [0.5, 0.6) is 0 Å². The molecule has 0 atom stereocenters. The van der Waals surface area contributed by atoms with Crippen molar-refractivity contribution in [1.82, 2.24) is 5.32 Å². The fourth-order valence-electron chi connectivity index (χ4n) is 2.81. The molecule has 1 aliphatic heterocycles. The number of carboxylic acid groups (broad SMARTS) is 1. The van der Waals surface area contributed by atoms with Crippen LogP contribution in [-0.4, -0.2) is 22.9 Å². The van der Waals surface area contributed by atoms with Crippen molar-refractivity contribution in [2.45, 2.75) is 25.8 Å². The largest absolute Gasteiger partial charge is 0.478 e. The third-order valence-electron chi connectivity index (χ3n) is 4.12. The Bertz CT molecular complexity index is 845. The lowest BCUT2D eigenvalue weighted by atomic mass is 10.0. The molecule has 0 aromatic heterocycles. The highest BCUT2D eigenvalue weighted by atomic mass is 16.4. The number of aromatic carboxylic acids is 1. The van der Waals surface area contributed by atoms with Crippen LogP contribution in [-0.2, 0) is 17.8 Å². The van der Waals surface area contributed by atoms with Crippen LogP contribution >= 0.6 is 0 Å². The predicted octanol–water partition coefficient (Wildman–Crippen LogP) is 2.59. The van der Waals surface area contributed by atoms with Crippen molar-refractivity contribution in [3.63, 3.8) is 0 Å². The zero-order chi connectivity index (χ0) is 17.8. The first-order chi connectivity index (χ1) is 12.0. The van der Waals surface area contributed by atoms with E-state index in [0.717, 1.165) is 29.7 Å². The van der Waals surface area contributed by atoms with Crippen LogP contribution in [0.25, 0.3) is 0 Å². The first-order valence-electron chi connectivity index (χ1n) is 8.06. The fourth-order valence-corrected chi connectivity index (χ4v) is 2.81. The number of rotatable bonds is 4. The second kappa shape index (κ2) is 7.17. The number of carbonyl (C=O) groups is 3. The summed E-state index contributed by atoms with van der Waals surface area (Å²) in [6.45, 7) is 0.244. The number of anilines is 1. The van der Waals surface area contributed by atoms with Gasteiger partial charge < -0.3 is 15.7 Å². The van der Waals surface area contributed by atoms with Gasteiger partial charge in [0.25, 0.3) is 5.91 Å². The molecule has 0 radical (unpaired) electrons. The van der Waals surface area contributed by atoms with Gasteiger partial charge in [-0.15, -0.1) is 0 Å². The number of nitrogens with one attached hydrogen (secondary N) is 2. The molecule has 0 bridgehead atoms. The monoisotopic (exact) mass is 338 g/mol. The highest BCUT2D eigenvalue weighted by molar-refractivity contribution is 5.97. The maximum Gasteiger partial charge on any atom is 0.335 e. The Morgan fingerprint density at radius 2 is 1.92 bits per heavy atom. The number of benzene rings is 2. The van der Waals surface area contributed by atoms with Gasteiger partial charge in [0, 0.05) is 24.2 Å². The zero-order valence-corrected chi connectivity index (χ0v) is 13.5. The van der Waals surface area contributed by atoms with E-state index < -0.39 is 5.97 Å². The van der Waals surface area contributed by atoms with E-state index in [4.69, 9.17) is 5.11 Å². The summed E-state index contributed by atoms with van der Waals surface area (Å²) in [5.74, 6) is -1.24. The van der Waals surface area contributed by atoms with Crippen molar-refractivity contribution in [3.05, 3.63) is 64.7 Å². The molecule has 0 saturated heterocycles. The predicted molar refractivity (Wildman–Crippen MR) is 92.6 cm³/mol. The molecule has 3 rings (SSSR count). The van der Waals surface area contributed by atoms with Gasteiger partial charge in [0.05, 0.1) is 5.56 Å². The molecule has 3 N–H and O–H groups in total. The standard InChI is InChI=1S/C19H18N2O4/c22-17-6-2-4-13-10-14(7-8-16(13)21-17)18(23)20-11-12-3-1-5-15(9-12)19(24)25/h1,3,5,7-10H,2,4,6,11H2,(H,20,23)(H,21,22)(H,24,25). The SMILES string of the molecule is O=C1CCCc2cc(C(=O)NCc3cccc(C(=O)O)c3)ccc2N1. The molecule has 2 aromatic rings. The first kappa shape index (κ1) is 16.7. The van der Waals surface area contributed by atoms with E-state index in [1.165, 1.54) is 12.1 Å². The maximum absolute atomic E-state index is 12.4. The van der Waals surface area contributed by atoms with Gasteiger partial charge in [0.15, 0.2) is 0 Å². The Kier molecular flexibility index (Phi) is 4.79. The van der Waals surface area contributed by atoms with Crippen LogP contribution < -0.4 is 10.6 Å². The number of carboxylic acids is 1. The molecule has 0 saturated carbocycles. The van der Waals surface area contributed by atoms with Crippen molar-refractivity contribution in [3.8, 4) is 0 Å². The molecule has 128 valence electrons. The van der Waals surface area contributed by atoms with E-state index in [1.807, 2.05) is 0 Å². The van der Waals surface area contributed by atoms with E-state index in [1.54, 1.807) is 30.3 Å². The van der Waals surface area contributed by atoms with Crippen LogP contribution in [0.3, 0.4) is 0 Å². The number of amides is 2. The zero-order valence-electron chi connectivity index (χ0n) is 13.5.